The van der Waals surface area contributed by atoms with E-state index in [-0.39, 0.29) is 17.3 Å². The minimum absolute atomic E-state index is 0.0386. The van der Waals surface area contributed by atoms with Gasteiger partial charge in [0, 0.05) is 4.90 Å². The van der Waals surface area contributed by atoms with Crippen LogP contribution >= 0.6 is 11.8 Å². The molecule has 5 heteroatoms. The number of halogens is 1. The lowest BCUT2D eigenvalue weighted by Crippen LogP contribution is -2.07. The highest BCUT2D eigenvalue weighted by Gasteiger charge is 2.20. The second-order valence-electron chi connectivity index (χ2n) is 4.03. The maximum atomic E-state index is 14.0. The van der Waals surface area contributed by atoms with Crippen LogP contribution in [0.25, 0.3) is 0 Å². The second-order valence-corrected chi connectivity index (χ2v) is 4.88. The molecule has 0 heterocycles. The first-order valence-corrected chi connectivity index (χ1v) is 7.12. The molecule has 0 spiro atoms. The zero-order valence-corrected chi connectivity index (χ0v) is 11.6. The molecule has 0 aliphatic carbocycles. The van der Waals surface area contributed by atoms with Crippen molar-refractivity contribution in [2.24, 2.45) is 0 Å². The summed E-state index contributed by atoms with van der Waals surface area (Å²) >= 11 is 1.16. The quantitative estimate of drug-likeness (QED) is 0.851. The van der Waals surface area contributed by atoms with Gasteiger partial charge in [-0.3, -0.25) is 0 Å². The molecule has 0 unspecified atom stereocenters. The number of hydrogen-bond donors (Lipinski definition) is 1. The number of carboxylic acids is 1. The smallest absolute Gasteiger partial charge is 0.342 e. The zero-order chi connectivity index (χ0) is 14.5. The van der Waals surface area contributed by atoms with Crippen LogP contribution in [-0.4, -0.2) is 17.3 Å². The Kier molecular flexibility index (Phi) is 4.63. The van der Waals surface area contributed by atoms with Gasteiger partial charge in [0.1, 0.15) is 17.9 Å². The molecule has 104 valence electrons. The van der Waals surface area contributed by atoms with Crippen LogP contribution in [0.2, 0.25) is 0 Å². The molecule has 0 atom stereocenters. The van der Waals surface area contributed by atoms with E-state index in [9.17, 15) is 9.18 Å². The number of aromatic carboxylic acids is 1. The van der Waals surface area contributed by atoms with Crippen molar-refractivity contribution < 1.29 is 19.0 Å². The molecule has 2 rings (SSSR count). The summed E-state index contributed by atoms with van der Waals surface area (Å²) in [7, 11) is 0. The summed E-state index contributed by atoms with van der Waals surface area (Å²) < 4.78 is 19.5. The van der Waals surface area contributed by atoms with E-state index < -0.39 is 17.3 Å². The van der Waals surface area contributed by atoms with Crippen molar-refractivity contribution in [1.82, 2.24) is 0 Å². The summed E-state index contributed by atoms with van der Waals surface area (Å²) in [5.74, 6) is -2.05. The minimum Gasteiger partial charge on any atom is -0.488 e. The second kappa shape index (κ2) is 6.43. The zero-order valence-electron chi connectivity index (χ0n) is 10.8. The average Bonchev–Trinajstić information content (AvgIpc) is 2.45. The lowest BCUT2D eigenvalue weighted by molar-refractivity contribution is 0.0685. The van der Waals surface area contributed by atoms with Crippen LogP contribution < -0.4 is 4.74 Å². The van der Waals surface area contributed by atoms with Crippen LogP contribution in [0, 0.1) is 5.82 Å². The Morgan fingerprint density at radius 3 is 2.55 bits per heavy atom. The van der Waals surface area contributed by atoms with E-state index in [4.69, 9.17) is 9.84 Å². The number of ether oxygens (including phenoxy) is 1. The summed E-state index contributed by atoms with van der Waals surface area (Å²) in [6.45, 7) is 0.194. The molecule has 0 aromatic heterocycles. The van der Waals surface area contributed by atoms with Gasteiger partial charge in [0.25, 0.3) is 0 Å². The van der Waals surface area contributed by atoms with Gasteiger partial charge in [0.2, 0.25) is 0 Å². The minimum atomic E-state index is -1.33. The van der Waals surface area contributed by atoms with E-state index in [0.29, 0.717) is 0 Å². The predicted molar refractivity (Wildman–Crippen MR) is 75.9 cm³/mol. The molecule has 3 nitrogen and oxygen atoms in total. The third kappa shape index (κ3) is 3.11. The summed E-state index contributed by atoms with van der Waals surface area (Å²) in [6, 6.07) is 12.3. The summed E-state index contributed by atoms with van der Waals surface area (Å²) in [6.07, 6.45) is 1.69. The Morgan fingerprint density at radius 2 is 1.95 bits per heavy atom. The Morgan fingerprint density at radius 1 is 1.25 bits per heavy atom. The Hall–Kier alpha value is -2.01. The first kappa shape index (κ1) is 14.4. The summed E-state index contributed by atoms with van der Waals surface area (Å²) in [5, 5.41) is 9.13. The average molecular weight is 292 g/mol. The van der Waals surface area contributed by atoms with Crippen LogP contribution in [0.4, 0.5) is 4.39 Å². The van der Waals surface area contributed by atoms with E-state index in [1.807, 2.05) is 30.3 Å². The fourth-order valence-electron chi connectivity index (χ4n) is 1.75. The molecule has 0 saturated heterocycles. The van der Waals surface area contributed by atoms with Gasteiger partial charge in [-0.05, 0) is 24.0 Å². The number of hydrogen-bond acceptors (Lipinski definition) is 3. The number of benzene rings is 2. The van der Waals surface area contributed by atoms with Crippen molar-refractivity contribution in [2.75, 3.05) is 6.26 Å². The first-order chi connectivity index (χ1) is 9.63. The van der Waals surface area contributed by atoms with Crippen LogP contribution in [0.15, 0.2) is 47.4 Å². The Bertz CT molecular complexity index is 614. The van der Waals surface area contributed by atoms with Gasteiger partial charge < -0.3 is 9.84 Å². The molecule has 2 aromatic carbocycles. The van der Waals surface area contributed by atoms with Crippen LogP contribution in [0.1, 0.15) is 15.9 Å². The first-order valence-electron chi connectivity index (χ1n) is 5.90. The molecule has 0 aliphatic heterocycles. The molecule has 1 N–H and O–H groups in total. The van der Waals surface area contributed by atoms with Crippen LogP contribution in [0.5, 0.6) is 5.75 Å². The third-order valence-electron chi connectivity index (χ3n) is 2.74. The van der Waals surface area contributed by atoms with E-state index in [0.717, 1.165) is 17.3 Å². The van der Waals surface area contributed by atoms with Gasteiger partial charge in [0.05, 0.1) is 0 Å². The van der Waals surface area contributed by atoms with Crippen molar-refractivity contribution >= 4 is 17.7 Å². The number of thioether (sulfide) groups is 1. The molecular formula is C15H13FO3S. The third-order valence-corrected chi connectivity index (χ3v) is 3.49. The monoisotopic (exact) mass is 292 g/mol. The fraction of sp³-hybridized carbons (Fsp3) is 0.133. The summed E-state index contributed by atoms with van der Waals surface area (Å²) in [5.41, 5.74) is 0.464. The molecule has 0 bridgehead atoms. The van der Waals surface area contributed by atoms with Crippen molar-refractivity contribution in [2.45, 2.75) is 11.5 Å². The highest BCUT2D eigenvalue weighted by Crippen LogP contribution is 2.29. The summed E-state index contributed by atoms with van der Waals surface area (Å²) in [4.78, 5) is 11.5. The topological polar surface area (TPSA) is 46.5 Å². The molecular weight excluding hydrogens is 279 g/mol. The van der Waals surface area contributed by atoms with Gasteiger partial charge in [0.15, 0.2) is 5.82 Å². The van der Waals surface area contributed by atoms with E-state index in [2.05, 4.69) is 0 Å². The SMILES string of the molecule is CSc1ccc(OCc2ccccc2)c(C(=O)O)c1F. The maximum Gasteiger partial charge on any atom is 0.342 e. The number of carbonyl (C=O) groups is 1. The van der Waals surface area contributed by atoms with Gasteiger partial charge in [-0.25, -0.2) is 9.18 Å². The maximum absolute atomic E-state index is 14.0. The van der Waals surface area contributed by atoms with E-state index in [1.54, 1.807) is 6.26 Å². The van der Waals surface area contributed by atoms with E-state index in [1.165, 1.54) is 12.1 Å². The van der Waals surface area contributed by atoms with Crippen molar-refractivity contribution in [3.63, 3.8) is 0 Å². The molecule has 0 saturated carbocycles. The molecule has 0 aliphatic rings. The number of carboxylic acid groups (broad SMARTS) is 1. The van der Waals surface area contributed by atoms with Crippen LogP contribution in [0.3, 0.4) is 0 Å². The van der Waals surface area contributed by atoms with Crippen molar-refractivity contribution in [1.29, 1.82) is 0 Å². The van der Waals surface area contributed by atoms with Gasteiger partial charge in [-0.1, -0.05) is 30.3 Å². The van der Waals surface area contributed by atoms with Gasteiger partial charge in [-0.15, -0.1) is 11.8 Å². The van der Waals surface area contributed by atoms with Crippen molar-refractivity contribution in [3.8, 4) is 5.75 Å². The van der Waals surface area contributed by atoms with Gasteiger partial charge >= 0.3 is 5.97 Å². The molecule has 0 amide bonds. The lowest BCUT2D eigenvalue weighted by atomic mass is 10.2. The van der Waals surface area contributed by atoms with Gasteiger partial charge in [-0.2, -0.15) is 0 Å². The number of rotatable bonds is 5. The molecule has 20 heavy (non-hydrogen) atoms. The van der Waals surface area contributed by atoms with Crippen LogP contribution in [-0.2, 0) is 6.61 Å². The van der Waals surface area contributed by atoms with Crippen molar-refractivity contribution in [3.05, 3.63) is 59.4 Å². The predicted octanol–water partition coefficient (Wildman–Crippen LogP) is 3.82. The fourth-order valence-corrected chi connectivity index (χ4v) is 2.24. The molecule has 0 fully saturated rings. The van der Waals surface area contributed by atoms with E-state index >= 15 is 0 Å². The lowest BCUT2D eigenvalue weighted by Gasteiger charge is -2.11. The highest BCUT2D eigenvalue weighted by molar-refractivity contribution is 7.98. The Labute approximate surface area is 120 Å². The molecule has 2 aromatic rings. The standard InChI is InChI=1S/C15H13FO3S/c1-20-12-8-7-11(13(14(12)16)15(17)18)19-9-10-5-3-2-4-6-10/h2-8H,9H2,1H3,(H,17,18). The highest BCUT2D eigenvalue weighted by atomic mass is 32.2. The normalized spacial score (nSPS) is 10.3. The Balaban J connectivity index is 2.27. The largest absolute Gasteiger partial charge is 0.488 e. The molecule has 0 radical (unpaired) electrons.